The number of carbonyl (C=O) groups excluding carboxylic acids is 1. The zero-order valence-electron chi connectivity index (χ0n) is 7.60. The van der Waals surface area contributed by atoms with E-state index < -0.39 is 17.8 Å². The molecule has 15 heavy (non-hydrogen) atoms. The molecule has 0 saturated heterocycles. The van der Waals surface area contributed by atoms with E-state index in [1.165, 1.54) is 6.92 Å². The minimum absolute atomic E-state index is 0.170. The summed E-state index contributed by atoms with van der Waals surface area (Å²) < 4.78 is 37.8. The number of primary amides is 1. The van der Waals surface area contributed by atoms with Crippen molar-refractivity contribution < 1.29 is 18.0 Å². The molecule has 0 aliphatic rings. The van der Waals surface area contributed by atoms with Crippen molar-refractivity contribution in [3.8, 4) is 0 Å². The smallest absolute Gasteiger partial charge is 0.368 e. The van der Waals surface area contributed by atoms with Crippen molar-refractivity contribution >= 4 is 21.8 Å². The lowest BCUT2D eigenvalue weighted by Crippen LogP contribution is -2.20. The Labute approximate surface area is 91.4 Å². The molecule has 0 aromatic carbocycles. The van der Waals surface area contributed by atoms with Crippen molar-refractivity contribution in [2.24, 2.45) is 5.73 Å². The van der Waals surface area contributed by atoms with Crippen LogP contribution in [0, 0.1) is 6.92 Å². The van der Waals surface area contributed by atoms with Crippen molar-refractivity contribution in [1.29, 1.82) is 0 Å². The molecular weight excluding hydrogens is 279 g/mol. The van der Waals surface area contributed by atoms with Crippen LogP contribution in [0.5, 0.6) is 0 Å². The second-order valence-corrected chi connectivity index (χ2v) is 3.66. The average Bonchev–Trinajstić information content (AvgIpc) is 2.30. The summed E-state index contributed by atoms with van der Waals surface area (Å²) in [5.41, 5.74) is 4.02. The topological polar surface area (TPSA) is 60.9 Å². The summed E-state index contributed by atoms with van der Waals surface area (Å²) in [6, 6.07) is 0. The Hall–Kier alpha value is -1.05. The maximum atomic E-state index is 12.4. The highest BCUT2D eigenvalue weighted by atomic mass is 79.9. The number of nitrogens with two attached hydrogens (primary N) is 1. The van der Waals surface area contributed by atoms with Crippen LogP contribution in [0.15, 0.2) is 4.47 Å². The minimum Gasteiger partial charge on any atom is -0.368 e. The summed E-state index contributed by atoms with van der Waals surface area (Å²) in [7, 11) is 0. The number of carbonyl (C=O) groups is 1. The summed E-state index contributed by atoms with van der Waals surface area (Å²) in [5.74, 6) is -0.748. The van der Waals surface area contributed by atoms with Crippen LogP contribution in [0.2, 0.25) is 0 Å². The van der Waals surface area contributed by atoms with Crippen molar-refractivity contribution in [1.82, 2.24) is 9.78 Å². The van der Waals surface area contributed by atoms with Crippen LogP contribution >= 0.6 is 15.9 Å². The van der Waals surface area contributed by atoms with Gasteiger partial charge in [0.25, 0.3) is 0 Å². The van der Waals surface area contributed by atoms with Gasteiger partial charge < -0.3 is 5.73 Å². The largest absolute Gasteiger partial charge is 0.436 e. The first-order valence-corrected chi connectivity index (χ1v) is 4.61. The molecule has 1 aromatic heterocycles. The molecule has 8 heteroatoms. The van der Waals surface area contributed by atoms with Crippen molar-refractivity contribution in [3.63, 3.8) is 0 Å². The van der Waals surface area contributed by atoms with E-state index in [1.54, 1.807) is 0 Å². The first kappa shape index (κ1) is 12.0. The maximum absolute atomic E-state index is 12.4. The molecule has 2 N–H and O–H groups in total. The van der Waals surface area contributed by atoms with E-state index in [4.69, 9.17) is 5.73 Å². The lowest BCUT2D eigenvalue weighted by Gasteiger charge is -2.01. The third-order valence-electron chi connectivity index (χ3n) is 1.71. The van der Waals surface area contributed by atoms with E-state index in [1.807, 2.05) is 0 Å². The molecule has 0 atom stereocenters. The monoisotopic (exact) mass is 285 g/mol. The van der Waals surface area contributed by atoms with Gasteiger partial charge in [-0.05, 0) is 22.9 Å². The van der Waals surface area contributed by atoms with Crippen LogP contribution in [-0.2, 0) is 17.5 Å². The van der Waals surface area contributed by atoms with Gasteiger partial charge >= 0.3 is 6.18 Å². The zero-order chi connectivity index (χ0) is 11.8. The van der Waals surface area contributed by atoms with E-state index >= 15 is 0 Å². The molecule has 0 aliphatic carbocycles. The predicted octanol–water partition coefficient (Wildman–Crippen LogP) is 1.46. The minimum atomic E-state index is -4.55. The second-order valence-electron chi connectivity index (χ2n) is 2.87. The molecule has 0 unspecified atom stereocenters. The molecule has 1 rings (SSSR count). The summed E-state index contributed by atoms with van der Waals surface area (Å²) in [6.07, 6.45) is -4.55. The van der Waals surface area contributed by atoms with Crippen LogP contribution < -0.4 is 5.73 Å². The Balaban J connectivity index is 3.18. The number of hydrogen-bond acceptors (Lipinski definition) is 2. The Kier molecular flexibility index (Phi) is 3.08. The molecule has 1 amide bonds. The lowest BCUT2D eigenvalue weighted by molar-refractivity contribution is -0.142. The highest BCUT2D eigenvalue weighted by Crippen LogP contribution is 2.35. The van der Waals surface area contributed by atoms with Gasteiger partial charge in [-0.3, -0.25) is 9.48 Å². The van der Waals surface area contributed by atoms with Crippen molar-refractivity contribution in [2.45, 2.75) is 19.6 Å². The van der Waals surface area contributed by atoms with Crippen LogP contribution in [0.3, 0.4) is 0 Å². The Morgan fingerprint density at radius 3 is 2.47 bits per heavy atom. The molecule has 0 fully saturated rings. The SMILES string of the molecule is Cc1c(Br)c(C(F)(F)F)nn1CC(N)=O. The van der Waals surface area contributed by atoms with E-state index in [0.717, 1.165) is 4.68 Å². The third-order valence-corrected chi connectivity index (χ3v) is 2.66. The van der Waals surface area contributed by atoms with Crippen LogP contribution in [0.25, 0.3) is 0 Å². The van der Waals surface area contributed by atoms with Gasteiger partial charge in [0.15, 0.2) is 5.69 Å². The Morgan fingerprint density at radius 2 is 2.13 bits per heavy atom. The Morgan fingerprint density at radius 1 is 1.60 bits per heavy atom. The number of aromatic nitrogens is 2. The van der Waals surface area contributed by atoms with E-state index in [0.29, 0.717) is 0 Å². The molecule has 0 aliphatic heterocycles. The molecule has 0 bridgehead atoms. The fraction of sp³-hybridized carbons (Fsp3) is 0.429. The summed E-state index contributed by atoms with van der Waals surface area (Å²) in [6.45, 7) is 1.04. The standard InChI is InChI=1S/C7H7BrF3N3O/c1-3-5(8)6(7(9,10)11)13-14(3)2-4(12)15/h2H2,1H3,(H2,12,15). The molecule has 0 saturated carbocycles. The van der Waals surface area contributed by atoms with Gasteiger partial charge in [-0.2, -0.15) is 18.3 Å². The summed E-state index contributed by atoms with van der Waals surface area (Å²) in [4.78, 5) is 10.6. The average molecular weight is 286 g/mol. The Bertz CT molecular complexity index is 399. The molecule has 0 spiro atoms. The highest BCUT2D eigenvalue weighted by molar-refractivity contribution is 9.10. The number of hydrogen-bond donors (Lipinski definition) is 1. The molecule has 0 radical (unpaired) electrons. The second kappa shape index (κ2) is 3.84. The number of amides is 1. The molecule has 1 heterocycles. The fourth-order valence-electron chi connectivity index (χ4n) is 1.01. The molecule has 4 nitrogen and oxygen atoms in total. The van der Waals surface area contributed by atoms with Crippen molar-refractivity contribution in [2.75, 3.05) is 0 Å². The van der Waals surface area contributed by atoms with E-state index in [2.05, 4.69) is 21.0 Å². The number of alkyl halides is 3. The zero-order valence-corrected chi connectivity index (χ0v) is 9.18. The first-order chi connectivity index (χ1) is 6.73. The van der Waals surface area contributed by atoms with Gasteiger partial charge in [-0.25, -0.2) is 0 Å². The highest BCUT2D eigenvalue weighted by Gasteiger charge is 2.37. The number of rotatable bonds is 2. The fourth-order valence-corrected chi connectivity index (χ4v) is 1.52. The van der Waals surface area contributed by atoms with Gasteiger partial charge in [-0.1, -0.05) is 0 Å². The van der Waals surface area contributed by atoms with Crippen molar-refractivity contribution in [3.05, 3.63) is 15.9 Å². The number of halogens is 4. The first-order valence-electron chi connectivity index (χ1n) is 3.82. The molecular formula is C7H7BrF3N3O. The van der Waals surface area contributed by atoms with E-state index in [-0.39, 0.29) is 16.7 Å². The van der Waals surface area contributed by atoms with Gasteiger partial charge in [0, 0.05) is 0 Å². The normalized spacial score (nSPS) is 11.8. The van der Waals surface area contributed by atoms with Gasteiger partial charge in [-0.15, -0.1) is 0 Å². The van der Waals surface area contributed by atoms with Gasteiger partial charge in [0.1, 0.15) is 6.54 Å². The predicted molar refractivity (Wildman–Crippen MR) is 48.9 cm³/mol. The van der Waals surface area contributed by atoms with Gasteiger partial charge in [0.05, 0.1) is 10.2 Å². The molecule has 84 valence electrons. The summed E-state index contributed by atoms with van der Waals surface area (Å²) >= 11 is 2.77. The maximum Gasteiger partial charge on any atom is 0.436 e. The quantitative estimate of drug-likeness (QED) is 0.894. The van der Waals surface area contributed by atoms with Crippen LogP contribution in [0.4, 0.5) is 13.2 Å². The lowest BCUT2D eigenvalue weighted by atomic mass is 10.3. The third kappa shape index (κ3) is 2.49. The van der Waals surface area contributed by atoms with Crippen LogP contribution in [0.1, 0.15) is 11.4 Å². The van der Waals surface area contributed by atoms with E-state index in [9.17, 15) is 18.0 Å². The number of nitrogens with zero attached hydrogens (tertiary/aromatic N) is 2. The van der Waals surface area contributed by atoms with Crippen LogP contribution in [-0.4, -0.2) is 15.7 Å². The summed E-state index contributed by atoms with van der Waals surface area (Å²) in [5, 5.41) is 3.26. The van der Waals surface area contributed by atoms with Gasteiger partial charge in [0.2, 0.25) is 5.91 Å². The molecule has 1 aromatic rings.